The molecule has 6 nitrogen and oxygen atoms in total. The maximum absolute atomic E-state index is 8.28. The van der Waals surface area contributed by atoms with Crippen LogP contribution < -0.4 is 14.5 Å². The molecule has 6 aromatic carbocycles. The first kappa shape index (κ1) is 39.6. The molecule has 0 N–H and O–H groups in total. The fraction of sp³-hybridized carbons (Fsp3) is 0.236. The predicted molar refractivity (Wildman–Crippen MR) is 255 cm³/mol. The Morgan fingerprint density at radius 1 is 0.574 bits per heavy atom. The van der Waals surface area contributed by atoms with Crippen molar-refractivity contribution in [2.45, 2.75) is 78.6 Å². The molecule has 61 heavy (non-hydrogen) atoms. The Labute approximate surface area is 360 Å². The first-order valence-electron chi connectivity index (χ1n) is 21.2. The largest absolute Gasteiger partial charge is 0.468 e. The lowest BCUT2D eigenvalue weighted by Crippen LogP contribution is -2.25. The average molecular weight is 800 g/mol. The number of ether oxygens (including phenoxy) is 1. The van der Waals surface area contributed by atoms with E-state index in [9.17, 15) is 0 Å². The Morgan fingerprint density at radius 2 is 1.26 bits per heavy atom. The summed E-state index contributed by atoms with van der Waals surface area (Å²) in [5.74, 6) is 1.98. The standard InChI is InChI=1S/C55H53N5O/c1-53(2,3)37-26-27-57-51(31-37)60-47-24-15-14-22-44(47)45-33-46(56-10)50(34-49(45)60)61-42-21-16-20-40(32-42)58-35-59(41-29-38(54(4,5)6)28-39(30-41)55(7,8)9)52-43(23-17-25-48(52)58)36-18-12-11-13-19-36/h11-34H,35H2,1-9H3. The van der Waals surface area contributed by atoms with E-state index in [1.807, 2.05) is 36.5 Å². The highest BCUT2D eigenvalue weighted by atomic mass is 16.5. The van der Waals surface area contributed by atoms with Crippen LogP contribution in [0, 0.1) is 6.57 Å². The van der Waals surface area contributed by atoms with Crippen LogP contribution in [0.4, 0.5) is 28.4 Å². The molecule has 0 fully saturated rings. The van der Waals surface area contributed by atoms with Gasteiger partial charge >= 0.3 is 0 Å². The number of benzene rings is 6. The fourth-order valence-electron chi connectivity index (χ4n) is 8.49. The maximum atomic E-state index is 8.28. The van der Waals surface area contributed by atoms with Gasteiger partial charge in [0.2, 0.25) is 5.69 Å². The number of aromatic nitrogens is 2. The quantitative estimate of drug-likeness (QED) is 0.157. The van der Waals surface area contributed by atoms with E-state index in [4.69, 9.17) is 16.3 Å². The lowest BCUT2D eigenvalue weighted by Gasteiger charge is -2.30. The first-order valence-corrected chi connectivity index (χ1v) is 21.2. The highest BCUT2D eigenvalue weighted by Crippen LogP contribution is 2.51. The Balaban J connectivity index is 1.16. The molecule has 0 atom stereocenters. The summed E-state index contributed by atoms with van der Waals surface area (Å²) in [7, 11) is 0. The zero-order valence-electron chi connectivity index (χ0n) is 36.7. The van der Waals surface area contributed by atoms with Gasteiger partial charge in [0.05, 0.1) is 29.0 Å². The highest BCUT2D eigenvalue weighted by molar-refractivity contribution is 6.11. The second-order valence-electron chi connectivity index (χ2n) is 19.4. The van der Waals surface area contributed by atoms with Gasteiger partial charge in [-0.25, -0.2) is 9.83 Å². The lowest BCUT2D eigenvalue weighted by molar-refractivity contribution is 0.486. The molecule has 0 saturated heterocycles. The van der Waals surface area contributed by atoms with E-state index in [0.29, 0.717) is 23.9 Å². The summed E-state index contributed by atoms with van der Waals surface area (Å²) in [5, 5.41) is 2.05. The Kier molecular flexibility index (Phi) is 9.55. The van der Waals surface area contributed by atoms with Gasteiger partial charge in [0.15, 0.2) is 0 Å². The normalized spacial score (nSPS) is 13.2. The van der Waals surface area contributed by atoms with Gasteiger partial charge in [-0.05, 0) is 105 Å². The maximum Gasteiger partial charge on any atom is 0.229 e. The molecule has 0 aliphatic carbocycles. The predicted octanol–water partition coefficient (Wildman–Crippen LogP) is 15.3. The Bertz CT molecular complexity index is 2970. The minimum Gasteiger partial charge on any atom is -0.468 e. The summed E-state index contributed by atoms with van der Waals surface area (Å²) in [6, 6.07) is 49.2. The van der Waals surface area contributed by atoms with E-state index >= 15 is 0 Å². The van der Waals surface area contributed by atoms with E-state index in [0.717, 1.165) is 39.0 Å². The highest BCUT2D eigenvalue weighted by Gasteiger charge is 2.33. The van der Waals surface area contributed by atoms with Gasteiger partial charge in [-0.15, -0.1) is 0 Å². The van der Waals surface area contributed by atoms with Crippen molar-refractivity contribution in [1.82, 2.24) is 9.55 Å². The molecular formula is C55H53N5O. The molecule has 0 saturated carbocycles. The summed E-state index contributed by atoms with van der Waals surface area (Å²) >= 11 is 0. The molecule has 9 rings (SSSR count). The van der Waals surface area contributed by atoms with Crippen LogP contribution in [0.25, 0.3) is 43.6 Å². The van der Waals surface area contributed by atoms with Crippen molar-refractivity contribution in [3.63, 3.8) is 0 Å². The number of anilines is 4. The van der Waals surface area contributed by atoms with Gasteiger partial charge in [0.1, 0.15) is 24.0 Å². The number of rotatable bonds is 6. The summed E-state index contributed by atoms with van der Waals surface area (Å²) in [6.45, 7) is 29.3. The first-order chi connectivity index (χ1) is 29.1. The fourth-order valence-corrected chi connectivity index (χ4v) is 8.49. The third kappa shape index (κ3) is 7.29. The zero-order chi connectivity index (χ0) is 42.8. The van der Waals surface area contributed by atoms with Crippen molar-refractivity contribution in [2.24, 2.45) is 0 Å². The molecule has 1 aliphatic rings. The third-order valence-corrected chi connectivity index (χ3v) is 12.0. The minimum atomic E-state index is -0.0468. The lowest BCUT2D eigenvalue weighted by atomic mass is 9.80. The Morgan fingerprint density at radius 3 is 1.97 bits per heavy atom. The van der Waals surface area contributed by atoms with Crippen molar-refractivity contribution in [2.75, 3.05) is 16.5 Å². The smallest absolute Gasteiger partial charge is 0.229 e. The second-order valence-corrected chi connectivity index (χ2v) is 19.4. The van der Waals surface area contributed by atoms with Crippen LogP contribution in [0.2, 0.25) is 0 Å². The SMILES string of the molecule is [C-]#[N+]c1cc2c3ccccc3n(-c3cc(C(C)(C)C)ccn3)c2cc1Oc1cccc(N2CN(c3cc(C(C)(C)C)cc(C(C)(C)C)c3)c3c(-c4ccccc4)cccc32)c1. The summed E-state index contributed by atoms with van der Waals surface area (Å²) in [4.78, 5) is 13.7. The third-order valence-electron chi connectivity index (χ3n) is 12.0. The molecule has 8 aromatic rings. The zero-order valence-corrected chi connectivity index (χ0v) is 36.7. The molecule has 0 radical (unpaired) electrons. The molecule has 1 aliphatic heterocycles. The molecule has 6 heteroatoms. The van der Waals surface area contributed by atoms with Gasteiger partial charge in [0, 0.05) is 34.6 Å². The van der Waals surface area contributed by atoms with Gasteiger partial charge in [0.25, 0.3) is 0 Å². The van der Waals surface area contributed by atoms with Gasteiger partial charge in [-0.2, -0.15) is 0 Å². The summed E-state index contributed by atoms with van der Waals surface area (Å²) in [5.41, 5.74) is 12.9. The van der Waals surface area contributed by atoms with Crippen LogP contribution in [0.15, 0.2) is 146 Å². The van der Waals surface area contributed by atoms with Crippen LogP contribution in [0.1, 0.15) is 79.0 Å². The van der Waals surface area contributed by atoms with Crippen molar-refractivity contribution in [1.29, 1.82) is 0 Å². The minimum absolute atomic E-state index is 0.0303. The van der Waals surface area contributed by atoms with Gasteiger partial charge in [-0.1, -0.05) is 135 Å². The van der Waals surface area contributed by atoms with E-state index in [1.54, 1.807) is 0 Å². The van der Waals surface area contributed by atoms with Gasteiger partial charge in [-0.3, -0.25) is 4.57 Å². The molecule has 3 heterocycles. The molecule has 0 unspecified atom stereocenters. The molecular weight excluding hydrogens is 747 g/mol. The average Bonchev–Trinajstić information content (AvgIpc) is 3.79. The van der Waals surface area contributed by atoms with Crippen LogP contribution in [0.5, 0.6) is 11.5 Å². The monoisotopic (exact) mass is 799 g/mol. The topological polar surface area (TPSA) is 37.9 Å². The van der Waals surface area contributed by atoms with Crippen LogP contribution in [0.3, 0.4) is 0 Å². The molecule has 2 aromatic heterocycles. The van der Waals surface area contributed by atoms with Crippen molar-refractivity contribution < 1.29 is 4.74 Å². The second kappa shape index (κ2) is 14.7. The molecule has 0 spiro atoms. The van der Waals surface area contributed by atoms with E-state index in [-0.39, 0.29) is 16.2 Å². The van der Waals surface area contributed by atoms with E-state index < -0.39 is 0 Å². The van der Waals surface area contributed by atoms with Crippen LogP contribution in [-0.2, 0) is 16.2 Å². The molecule has 0 amide bonds. The summed E-state index contributed by atoms with van der Waals surface area (Å²) in [6.07, 6.45) is 1.89. The molecule has 0 bridgehead atoms. The number of nitrogens with zero attached hydrogens (tertiary/aromatic N) is 5. The Hall–Kier alpha value is -6.84. The van der Waals surface area contributed by atoms with E-state index in [2.05, 4.69) is 191 Å². The van der Waals surface area contributed by atoms with Crippen LogP contribution in [-0.4, -0.2) is 16.2 Å². The number of hydrogen-bond donors (Lipinski definition) is 0. The van der Waals surface area contributed by atoms with Gasteiger partial charge < -0.3 is 14.5 Å². The van der Waals surface area contributed by atoms with Crippen molar-refractivity contribution in [3.8, 4) is 28.4 Å². The summed E-state index contributed by atoms with van der Waals surface area (Å²) < 4.78 is 8.98. The number of hydrogen-bond acceptors (Lipinski definition) is 4. The van der Waals surface area contributed by atoms with Crippen LogP contribution >= 0.6 is 0 Å². The number of pyridine rings is 1. The molecule has 304 valence electrons. The number of para-hydroxylation sites is 2. The van der Waals surface area contributed by atoms with Crippen molar-refractivity contribution in [3.05, 3.63) is 174 Å². The van der Waals surface area contributed by atoms with E-state index in [1.165, 1.54) is 39.2 Å². The number of fused-ring (bicyclic) bond motifs is 4. The van der Waals surface area contributed by atoms with Crippen molar-refractivity contribution >= 4 is 50.2 Å².